The lowest BCUT2D eigenvalue weighted by atomic mass is 9.86. The fourth-order valence-corrected chi connectivity index (χ4v) is 4.18. The quantitative estimate of drug-likeness (QED) is 0.590. The highest BCUT2D eigenvalue weighted by Gasteiger charge is 2.35. The van der Waals surface area contributed by atoms with Crippen LogP contribution in [0.2, 0.25) is 0 Å². The summed E-state index contributed by atoms with van der Waals surface area (Å²) in [5.74, 6) is -1.01. The Hall–Kier alpha value is -3.32. The van der Waals surface area contributed by atoms with E-state index in [0.29, 0.717) is 16.3 Å². The topological polar surface area (TPSA) is 79.4 Å². The van der Waals surface area contributed by atoms with Crippen LogP contribution in [0.3, 0.4) is 0 Å². The molecule has 0 unspecified atom stereocenters. The van der Waals surface area contributed by atoms with E-state index in [1.165, 1.54) is 16.9 Å². The molecule has 2 aromatic carbocycles. The van der Waals surface area contributed by atoms with Crippen LogP contribution in [0.15, 0.2) is 53.9 Å². The third-order valence-corrected chi connectivity index (χ3v) is 6.00. The summed E-state index contributed by atoms with van der Waals surface area (Å²) >= 11 is 1.34. The number of hydrogen-bond donors (Lipinski definition) is 1. The van der Waals surface area contributed by atoms with E-state index in [2.05, 4.69) is 43.2 Å². The SMILES string of the molecule is CC(C)(C)c1ccc(-c2csc(NC(=O)CCN3C(=O)c4ccccc4C3=O)n2)cc1. The van der Waals surface area contributed by atoms with E-state index in [0.717, 1.165) is 16.2 Å². The van der Waals surface area contributed by atoms with E-state index in [-0.39, 0.29) is 36.1 Å². The Morgan fingerprint density at radius 3 is 2.19 bits per heavy atom. The van der Waals surface area contributed by atoms with Crippen molar-refractivity contribution < 1.29 is 14.4 Å². The monoisotopic (exact) mass is 433 g/mol. The van der Waals surface area contributed by atoms with Gasteiger partial charge in [-0.15, -0.1) is 11.3 Å². The molecule has 0 bridgehead atoms. The summed E-state index contributed by atoms with van der Waals surface area (Å²) < 4.78 is 0. The molecule has 0 aliphatic carbocycles. The van der Waals surface area contributed by atoms with Crippen molar-refractivity contribution in [3.8, 4) is 11.3 Å². The van der Waals surface area contributed by atoms with Gasteiger partial charge in [0.25, 0.3) is 11.8 Å². The number of nitrogens with one attached hydrogen (secondary N) is 1. The van der Waals surface area contributed by atoms with Gasteiger partial charge in [-0.05, 0) is 23.1 Å². The number of fused-ring (bicyclic) bond motifs is 1. The van der Waals surface area contributed by atoms with Gasteiger partial charge in [-0.1, -0.05) is 57.2 Å². The Morgan fingerprint density at radius 2 is 1.61 bits per heavy atom. The number of carbonyl (C=O) groups is 3. The van der Waals surface area contributed by atoms with Gasteiger partial charge < -0.3 is 5.32 Å². The molecule has 1 aliphatic rings. The van der Waals surface area contributed by atoms with Crippen LogP contribution in [-0.4, -0.2) is 34.2 Å². The fourth-order valence-electron chi connectivity index (χ4n) is 3.44. The molecule has 0 fully saturated rings. The zero-order valence-electron chi connectivity index (χ0n) is 17.6. The molecule has 31 heavy (non-hydrogen) atoms. The van der Waals surface area contributed by atoms with Crippen LogP contribution < -0.4 is 5.32 Å². The van der Waals surface area contributed by atoms with Crippen LogP contribution in [0.1, 0.15) is 53.5 Å². The number of carbonyl (C=O) groups excluding carboxylic acids is 3. The van der Waals surface area contributed by atoms with Gasteiger partial charge in [-0.25, -0.2) is 4.98 Å². The Balaban J connectivity index is 1.36. The van der Waals surface area contributed by atoms with Crippen molar-refractivity contribution in [1.82, 2.24) is 9.88 Å². The first-order valence-corrected chi connectivity index (χ1v) is 10.9. The first-order valence-electron chi connectivity index (χ1n) is 10.1. The van der Waals surface area contributed by atoms with Gasteiger partial charge in [0.2, 0.25) is 5.91 Å². The summed E-state index contributed by atoms with van der Waals surface area (Å²) in [6.45, 7) is 6.53. The number of hydrogen-bond acceptors (Lipinski definition) is 5. The molecule has 158 valence electrons. The number of thiazole rings is 1. The van der Waals surface area contributed by atoms with Gasteiger partial charge in [-0.3, -0.25) is 19.3 Å². The van der Waals surface area contributed by atoms with Crippen LogP contribution in [0.4, 0.5) is 5.13 Å². The number of aromatic nitrogens is 1. The van der Waals surface area contributed by atoms with Gasteiger partial charge >= 0.3 is 0 Å². The Bertz CT molecular complexity index is 1120. The molecule has 3 amide bonds. The highest BCUT2D eigenvalue weighted by Crippen LogP contribution is 2.28. The maximum Gasteiger partial charge on any atom is 0.261 e. The summed E-state index contributed by atoms with van der Waals surface area (Å²) in [5.41, 5.74) is 3.87. The molecule has 1 aromatic heterocycles. The predicted molar refractivity (Wildman–Crippen MR) is 121 cm³/mol. The van der Waals surface area contributed by atoms with E-state index < -0.39 is 0 Å². The van der Waals surface area contributed by atoms with Crippen LogP contribution in [-0.2, 0) is 10.2 Å². The van der Waals surface area contributed by atoms with Crippen LogP contribution in [0, 0.1) is 0 Å². The number of imide groups is 1. The van der Waals surface area contributed by atoms with E-state index in [4.69, 9.17) is 0 Å². The lowest BCUT2D eigenvalue weighted by molar-refractivity contribution is -0.116. The minimum absolute atomic E-state index is 0.0145. The zero-order chi connectivity index (χ0) is 22.2. The van der Waals surface area contributed by atoms with Crippen LogP contribution in [0.5, 0.6) is 0 Å². The molecule has 4 rings (SSSR count). The average molecular weight is 434 g/mol. The normalized spacial score (nSPS) is 13.5. The van der Waals surface area contributed by atoms with Crippen molar-refractivity contribution in [2.75, 3.05) is 11.9 Å². The van der Waals surface area contributed by atoms with E-state index >= 15 is 0 Å². The molecular weight excluding hydrogens is 410 g/mol. The molecule has 1 aliphatic heterocycles. The number of nitrogens with zero attached hydrogens (tertiary/aromatic N) is 2. The highest BCUT2D eigenvalue weighted by atomic mass is 32.1. The summed E-state index contributed by atoms with van der Waals surface area (Å²) in [4.78, 5) is 42.7. The molecule has 0 saturated heterocycles. The van der Waals surface area contributed by atoms with Gasteiger partial charge in [-0.2, -0.15) is 0 Å². The summed E-state index contributed by atoms with van der Waals surface area (Å²) in [6, 6.07) is 14.9. The maximum absolute atomic E-state index is 12.4. The smallest absolute Gasteiger partial charge is 0.261 e. The van der Waals surface area contributed by atoms with Gasteiger partial charge in [0, 0.05) is 23.9 Å². The average Bonchev–Trinajstić information content (AvgIpc) is 3.30. The highest BCUT2D eigenvalue weighted by molar-refractivity contribution is 7.14. The maximum atomic E-state index is 12.4. The van der Waals surface area contributed by atoms with Crippen molar-refractivity contribution in [1.29, 1.82) is 0 Å². The largest absolute Gasteiger partial charge is 0.302 e. The molecule has 6 nitrogen and oxygen atoms in total. The molecule has 2 heterocycles. The minimum atomic E-state index is -0.358. The van der Waals surface area contributed by atoms with Crippen LogP contribution in [0.25, 0.3) is 11.3 Å². The van der Waals surface area contributed by atoms with Crippen LogP contribution >= 0.6 is 11.3 Å². The lowest BCUT2D eigenvalue weighted by Crippen LogP contribution is -2.32. The number of amides is 3. The molecule has 0 saturated carbocycles. The second-order valence-electron chi connectivity index (χ2n) is 8.47. The standard InChI is InChI=1S/C24H23N3O3S/c1-24(2,3)16-10-8-15(9-11-16)19-14-31-23(25-19)26-20(28)12-13-27-21(29)17-6-4-5-7-18(17)22(27)30/h4-11,14H,12-13H2,1-3H3,(H,25,26,28). The van der Waals surface area contributed by atoms with Crippen molar-refractivity contribution >= 4 is 34.2 Å². The third kappa shape index (κ3) is 4.27. The zero-order valence-corrected chi connectivity index (χ0v) is 18.5. The number of benzene rings is 2. The summed E-state index contributed by atoms with van der Waals surface area (Å²) in [6.07, 6.45) is 0.0145. The first kappa shape index (κ1) is 20.9. The summed E-state index contributed by atoms with van der Waals surface area (Å²) in [7, 11) is 0. The Labute approximate surface area is 184 Å². The third-order valence-electron chi connectivity index (χ3n) is 5.24. The molecular formula is C24H23N3O3S. The minimum Gasteiger partial charge on any atom is -0.302 e. The number of anilines is 1. The van der Waals surface area contributed by atoms with Gasteiger partial charge in [0.1, 0.15) is 0 Å². The lowest BCUT2D eigenvalue weighted by Gasteiger charge is -2.18. The molecule has 0 radical (unpaired) electrons. The molecule has 0 spiro atoms. The summed E-state index contributed by atoms with van der Waals surface area (Å²) in [5, 5.41) is 5.14. The molecule has 3 aromatic rings. The predicted octanol–water partition coefficient (Wildman–Crippen LogP) is 4.73. The van der Waals surface area contributed by atoms with Gasteiger partial charge in [0.15, 0.2) is 5.13 Å². The molecule has 7 heteroatoms. The second-order valence-corrected chi connectivity index (χ2v) is 9.33. The first-order chi connectivity index (χ1) is 14.7. The molecule has 1 N–H and O–H groups in total. The Morgan fingerprint density at radius 1 is 1.00 bits per heavy atom. The molecule has 0 atom stereocenters. The van der Waals surface area contributed by atoms with Crippen molar-refractivity contribution in [3.05, 3.63) is 70.6 Å². The Kier molecular flexibility index (Phi) is 5.45. The number of rotatable bonds is 5. The van der Waals surface area contributed by atoms with E-state index in [1.807, 2.05) is 17.5 Å². The van der Waals surface area contributed by atoms with E-state index in [1.54, 1.807) is 24.3 Å². The van der Waals surface area contributed by atoms with Crippen molar-refractivity contribution in [3.63, 3.8) is 0 Å². The second kappa shape index (κ2) is 8.07. The van der Waals surface area contributed by atoms with Crippen molar-refractivity contribution in [2.45, 2.75) is 32.6 Å². The van der Waals surface area contributed by atoms with Crippen molar-refractivity contribution in [2.24, 2.45) is 0 Å². The van der Waals surface area contributed by atoms with Gasteiger partial charge in [0.05, 0.1) is 16.8 Å². The van der Waals surface area contributed by atoms with E-state index in [9.17, 15) is 14.4 Å². The fraction of sp³-hybridized carbons (Fsp3) is 0.250.